The minimum absolute atomic E-state index is 0.0547. The van der Waals surface area contributed by atoms with E-state index in [9.17, 15) is 4.79 Å². The van der Waals surface area contributed by atoms with Crippen molar-refractivity contribution in [3.05, 3.63) is 30.3 Å². The van der Waals surface area contributed by atoms with Crippen LogP contribution >= 0.6 is 12.2 Å². The van der Waals surface area contributed by atoms with Crippen LogP contribution in [0, 0.1) is 5.41 Å². The third kappa shape index (κ3) is 2.53. The Balaban J connectivity index is 2.16. The van der Waals surface area contributed by atoms with E-state index in [2.05, 4.69) is 5.32 Å². The van der Waals surface area contributed by atoms with E-state index in [1.54, 1.807) is 0 Å². The molecule has 0 saturated heterocycles. The van der Waals surface area contributed by atoms with E-state index >= 15 is 0 Å². The average Bonchev–Trinajstić information content (AvgIpc) is 2.40. The number of carbonyl (C=O) groups is 1. The number of benzene rings is 1. The van der Waals surface area contributed by atoms with Crippen LogP contribution in [0.2, 0.25) is 0 Å². The molecule has 1 fully saturated rings. The standard InChI is InChI=1S/C14H18N2OS/c15-12(18)14(9-5-2-6-10-14)13(17)16-11-7-3-1-4-8-11/h1,3-4,7-8H,2,5-6,9-10H2,(H2,15,18)(H,16,17). The first kappa shape index (κ1) is 13.0. The third-order valence-corrected chi connectivity index (χ3v) is 4.04. The Kier molecular flexibility index (Phi) is 3.97. The van der Waals surface area contributed by atoms with Gasteiger partial charge in [0.1, 0.15) is 0 Å². The molecule has 4 heteroatoms. The van der Waals surface area contributed by atoms with Crippen LogP contribution in [0.5, 0.6) is 0 Å². The highest BCUT2D eigenvalue weighted by atomic mass is 32.1. The summed E-state index contributed by atoms with van der Waals surface area (Å²) < 4.78 is 0. The summed E-state index contributed by atoms with van der Waals surface area (Å²) >= 11 is 5.14. The number of hydrogen-bond donors (Lipinski definition) is 2. The fourth-order valence-corrected chi connectivity index (χ4v) is 2.81. The Bertz CT molecular complexity index is 438. The Hall–Kier alpha value is -1.42. The Morgan fingerprint density at radius 2 is 1.78 bits per heavy atom. The summed E-state index contributed by atoms with van der Waals surface area (Å²) in [4.78, 5) is 12.8. The zero-order chi connectivity index (χ0) is 13.0. The van der Waals surface area contributed by atoms with E-state index in [4.69, 9.17) is 18.0 Å². The number of amides is 1. The monoisotopic (exact) mass is 262 g/mol. The summed E-state index contributed by atoms with van der Waals surface area (Å²) in [5, 5.41) is 2.93. The molecule has 1 saturated carbocycles. The molecule has 0 atom stereocenters. The van der Waals surface area contributed by atoms with Crippen LogP contribution in [-0.4, -0.2) is 10.9 Å². The molecule has 0 radical (unpaired) electrons. The van der Waals surface area contributed by atoms with E-state index in [0.717, 1.165) is 37.8 Å². The molecule has 0 spiro atoms. The van der Waals surface area contributed by atoms with Crippen LogP contribution in [-0.2, 0) is 4.79 Å². The third-order valence-electron chi connectivity index (χ3n) is 3.65. The van der Waals surface area contributed by atoms with Crippen LogP contribution in [0.1, 0.15) is 32.1 Å². The molecule has 18 heavy (non-hydrogen) atoms. The highest BCUT2D eigenvalue weighted by molar-refractivity contribution is 7.80. The van der Waals surface area contributed by atoms with Crippen LogP contribution in [0.15, 0.2) is 30.3 Å². The Labute approximate surface area is 113 Å². The maximum Gasteiger partial charge on any atom is 0.237 e. The van der Waals surface area contributed by atoms with Gasteiger partial charge < -0.3 is 11.1 Å². The molecule has 0 aliphatic heterocycles. The van der Waals surface area contributed by atoms with Gasteiger partial charge in [-0.1, -0.05) is 49.7 Å². The topological polar surface area (TPSA) is 55.1 Å². The molecule has 1 aliphatic carbocycles. The molecule has 1 aliphatic rings. The zero-order valence-electron chi connectivity index (χ0n) is 10.3. The molecule has 1 aromatic carbocycles. The van der Waals surface area contributed by atoms with Crippen molar-refractivity contribution in [2.75, 3.05) is 5.32 Å². The molecule has 96 valence electrons. The van der Waals surface area contributed by atoms with Crippen molar-refractivity contribution in [2.24, 2.45) is 11.1 Å². The summed E-state index contributed by atoms with van der Waals surface area (Å²) in [7, 11) is 0. The quantitative estimate of drug-likeness (QED) is 0.824. The predicted octanol–water partition coefficient (Wildman–Crippen LogP) is 2.86. The number of nitrogens with one attached hydrogen (secondary N) is 1. The van der Waals surface area contributed by atoms with Crippen molar-refractivity contribution in [2.45, 2.75) is 32.1 Å². The first-order valence-electron chi connectivity index (χ1n) is 6.31. The van der Waals surface area contributed by atoms with Crippen molar-refractivity contribution in [3.8, 4) is 0 Å². The second-order valence-electron chi connectivity index (χ2n) is 4.83. The maximum atomic E-state index is 12.5. The van der Waals surface area contributed by atoms with Crippen LogP contribution in [0.25, 0.3) is 0 Å². The second kappa shape index (κ2) is 5.48. The number of carbonyl (C=O) groups excluding carboxylic acids is 1. The van der Waals surface area contributed by atoms with E-state index in [-0.39, 0.29) is 5.91 Å². The van der Waals surface area contributed by atoms with E-state index < -0.39 is 5.41 Å². The zero-order valence-corrected chi connectivity index (χ0v) is 11.1. The first-order valence-corrected chi connectivity index (χ1v) is 6.72. The van der Waals surface area contributed by atoms with Crippen molar-refractivity contribution < 1.29 is 4.79 Å². The predicted molar refractivity (Wildman–Crippen MR) is 77.4 cm³/mol. The van der Waals surface area contributed by atoms with E-state index in [0.29, 0.717) is 4.99 Å². The summed E-state index contributed by atoms with van der Waals surface area (Å²) in [5.41, 5.74) is 5.97. The van der Waals surface area contributed by atoms with Crippen molar-refractivity contribution in [1.82, 2.24) is 0 Å². The Morgan fingerprint density at radius 1 is 1.17 bits per heavy atom. The summed E-state index contributed by atoms with van der Waals surface area (Å²) in [6.45, 7) is 0. The molecule has 2 rings (SSSR count). The highest BCUT2D eigenvalue weighted by Gasteiger charge is 2.42. The lowest BCUT2D eigenvalue weighted by molar-refractivity contribution is -0.123. The lowest BCUT2D eigenvalue weighted by atomic mass is 9.73. The lowest BCUT2D eigenvalue weighted by Gasteiger charge is -2.34. The van der Waals surface area contributed by atoms with Crippen molar-refractivity contribution in [3.63, 3.8) is 0 Å². The molecule has 3 nitrogen and oxygen atoms in total. The lowest BCUT2D eigenvalue weighted by Crippen LogP contribution is -2.47. The van der Waals surface area contributed by atoms with Gasteiger partial charge in [0.05, 0.1) is 10.4 Å². The van der Waals surface area contributed by atoms with Crippen LogP contribution in [0.3, 0.4) is 0 Å². The van der Waals surface area contributed by atoms with Crippen molar-refractivity contribution in [1.29, 1.82) is 0 Å². The smallest absolute Gasteiger partial charge is 0.237 e. The minimum Gasteiger partial charge on any atom is -0.392 e. The SMILES string of the molecule is NC(=S)C1(C(=O)Nc2ccccc2)CCCCC1. The van der Waals surface area contributed by atoms with Gasteiger partial charge in [0, 0.05) is 5.69 Å². The van der Waals surface area contributed by atoms with E-state index in [1.807, 2.05) is 30.3 Å². The molecular formula is C14H18N2OS. The number of para-hydroxylation sites is 1. The van der Waals surface area contributed by atoms with Gasteiger partial charge in [-0.3, -0.25) is 4.79 Å². The maximum absolute atomic E-state index is 12.5. The minimum atomic E-state index is -0.649. The number of nitrogens with two attached hydrogens (primary N) is 1. The molecule has 3 N–H and O–H groups in total. The van der Waals surface area contributed by atoms with Gasteiger partial charge in [0.15, 0.2) is 0 Å². The Morgan fingerprint density at radius 3 is 2.33 bits per heavy atom. The molecule has 1 amide bonds. The average molecular weight is 262 g/mol. The molecular weight excluding hydrogens is 244 g/mol. The number of hydrogen-bond acceptors (Lipinski definition) is 2. The first-order chi connectivity index (χ1) is 8.65. The van der Waals surface area contributed by atoms with Gasteiger partial charge in [-0.25, -0.2) is 0 Å². The summed E-state index contributed by atoms with van der Waals surface area (Å²) in [6.07, 6.45) is 4.71. The number of thiocarbonyl (C=S) groups is 1. The fraction of sp³-hybridized carbons (Fsp3) is 0.429. The van der Waals surface area contributed by atoms with Crippen molar-refractivity contribution >= 4 is 28.8 Å². The molecule has 0 bridgehead atoms. The molecule has 1 aromatic rings. The summed E-state index contributed by atoms with van der Waals surface area (Å²) in [5.74, 6) is -0.0547. The van der Waals surface area contributed by atoms with Gasteiger partial charge in [0.25, 0.3) is 0 Å². The van der Waals surface area contributed by atoms with Gasteiger partial charge in [-0.05, 0) is 25.0 Å². The van der Waals surface area contributed by atoms with Crippen LogP contribution in [0.4, 0.5) is 5.69 Å². The highest BCUT2D eigenvalue weighted by Crippen LogP contribution is 2.37. The number of rotatable bonds is 3. The second-order valence-corrected chi connectivity index (χ2v) is 5.27. The number of anilines is 1. The molecule has 0 unspecified atom stereocenters. The van der Waals surface area contributed by atoms with E-state index in [1.165, 1.54) is 0 Å². The van der Waals surface area contributed by atoms with Gasteiger partial charge in [0.2, 0.25) is 5.91 Å². The fourth-order valence-electron chi connectivity index (χ4n) is 2.51. The largest absolute Gasteiger partial charge is 0.392 e. The van der Waals surface area contributed by atoms with Gasteiger partial charge >= 0.3 is 0 Å². The molecule has 0 heterocycles. The molecule has 0 aromatic heterocycles. The van der Waals surface area contributed by atoms with Crippen LogP contribution < -0.4 is 11.1 Å². The normalized spacial score (nSPS) is 18.0. The van der Waals surface area contributed by atoms with Gasteiger partial charge in [-0.2, -0.15) is 0 Å². The van der Waals surface area contributed by atoms with Gasteiger partial charge in [-0.15, -0.1) is 0 Å². The summed E-state index contributed by atoms with van der Waals surface area (Å²) in [6, 6.07) is 9.44.